The summed E-state index contributed by atoms with van der Waals surface area (Å²) in [6, 6.07) is 5.38. The highest BCUT2D eigenvalue weighted by atomic mass is 35.5. The van der Waals surface area contributed by atoms with Gasteiger partial charge in [0, 0.05) is 17.0 Å². The predicted octanol–water partition coefficient (Wildman–Crippen LogP) is 3.85. The van der Waals surface area contributed by atoms with Gasteiger partial charge in [0.05, 0.1) is 12.9 Å². The lowest BCUT2D eigenvalue weighted by Gasteiger charge is -2.57. The first kappa shape index (κ1) is 13.4. The van der Waals surface area contributed by atoms with Crippen LogP contribution in [0.2, 0.25) is 10.3 Å². The Kier molecular flexibility index (Phi) is 3.15. The first-order valence-electron chi connectivity index (χ1n) is 5.98. The van der Waals surface area contributed by atoms with Crippen molar-refractivity contribution in [1.82, 2.24) is 0 Å². The monoisotopic (exact) mass is 258 g/mol. The minimum atomic E-state index is -0.291. The summed E-state index contributed by atoms with van der Waals surface area (Å²) in [5, 5.41) is 0.242. The number of halogens is 1. The third-order valence-corrected chi connectivity index (χ3v) is 3.81. The van der Waals surface area contributed by atoms with Gasteiger partial charge >= 0.3 is 0 Å². The van der Waals surface area contributed by atoms with E-state index in [0.29, 0.717) is 16.3 Å². The molecule has 1 aliphatic rings. The normalized spacial score (nSPS) is 29.2. The molecule has 2 atom stereocenters. The molecular weight excluding hydrogens is 242 g/mol. The Balaban J connectivity index is 2.20. The van der Waals surface area contributed by atoms with Gasteiger partial charge in [-0.2, -0.15) is 0 Å². The van der Waals surface area contributed by atoms with Crippen molar-refractivity contribution in [3.63, 3.8) is 0 Å². The van der Waals surface area contributed by atoms with Crippen LogP contribution in [0.5, 0.6) is 5.75 Å². The molecule has 2 unspecified atom stereocenters. The molecule has 1 fully saturated rings. The van der Waals surface area contributed by atoms with Crippen LogP contribution in [0.3, 0.4) is 0 Å². The van der Waals surface area contributed by atoms with Crippen molar-refractivity contribution in [2.75, 3.05) is 0 Å². The molecule has 92 valence electrons. The Hall–Kier alpha value is -1.07. The van der Waals surface area contributed by atoms with Crippen LogP contribution in [0.25, 0.3) is 0 Å². The Bertz CT molecular complexity index is 500. The summed E-state index contributed by atoms with van der Waals surface area (Å²) in [5.74, 6) is 3.24. The number of terminal acetylenes is 1. The van der Waals surface area contributed by atoms with Crippen LogP contribution in [0.1, 0.15) is 32.8 Å². The zero-order valence-electron chi connectivity index (χ0n) is 11.0. The molecule has 1 aromatic carbocycles. The Morgan fingerprint density at radius 2 is 2.11 bits per heavy atom. The molecule has 0 N–H and O–H groups in total. The number of hydrogen-bond donors (Lipinski definition) is 0. The Morgan fingerprint density at radius 3 is 2.56 bits per heavy atom. The highest BCUT2D eigenvalue weighted by Crippen LogP contribution is 2.58. The highest BCUT2D eigenvalue weighted by Gasteiger charge is 2.54. The zero-order valence-corrected chi connectivity index (χ0v) is 11.7. The van der Waals surface area contributed by atoms with Crippen LogP contribution >= 0.6 is 11.6 Å². The Labute approximate surface area is 115 Å². The van der Waals surface area contributed by atoms with E-state index in [-0.39, 0.29) is 16.8 Å². The van der Waals surface area contributed by atoms with E-state index < -0.39 is 0 Å². The maximum Gasteiger partial charge on any atom is 0.121 e. The van der Waals surface area contributed by atoms with E-state index in [2.05, 4.69) is 19.8 Å². The molecule has 1 aliphatic carbocycles. The van der Waals surface area contributed by atoms with Crippen molar-refractivity contribution in [1.29, 1.82) is 0 Å². The van der Waals surface area contributed by atoms with Crippen molar-refractivity contribution >= 4 is 19.4 Å². The highest BCUT2D eigenvalue weighted by molar-refractivity contribution is 6.31. The van der Waals surface area contributed by atoms with E-state index in [1.165, 1.54) is 0 Å². The largest absolute Gasteiger partial charge is 0.490 e. The van der Waals surface area contributed by atoms with Crippen molar-refractivity contribution in [3.05, 3.63) is 28.8 Å². The summed E-state index contributed by atoms with van der Waals surface area (Å²) in [7, 11) is 6.19. The van der Waals surface area contributed by atoms with Crippen LogP contribution in [0, 0.1) is 17.8 Å². The van der Waals surface area contributed by atoms with Crippen molar-refractivity contribution in [3.8, 4) is 18.1 Å². The second-order valence-corrected chi connectivity index (χ2v) is 6.36. The van der Waals surface area contributed by atoms with Gasteiger partial charge in [-0.15, -0.1) is 6.42 Å². The second kappa shape index (κ2) is 4.25. The number of ether oxygens (including phenoxy) is 1. The average molecular weight is 259 g/mol. The topological polar surface area (TPSA) is 9.23 Å². The Morgan fingerprint density at radius 1 is 1.44 bits per heavy atom. The van der Waals surface area contributed by atoms with Crippen LogP contribution in [-0.2, 0) is 0 Å². The van der Waals surface area contributed by atoms with Crippen molar-refractivity contribution in [2.24, 2.45) is 5.41 Å². The maximum atomic E-state index is 6.19. The molecule has 1 saturated carbocycles. The summed E-state index contributed by atoms with van der Waals surface area (Å²) in [6.45, 7) is 6.33. The second-order valence-electron chi connectivity index (χ2n) is 5.96. The fraction of sp³-hybridized carbons (Fsp3) is 0.467. The van der Waals surface area contributed by atoms with Gasteiger partial charge in [-0.05, 0) is 23.9 Å². The molecule has 18 heavy (non-hydrogen) atoms. The van der Waals surface area contributed by atoms with E-state index in [1.54, 1.807) is 12.1 Å². The van der Waals surface area contributed by atoms with E-state index >= 15 is 0 Å². The van der Waals surface area contributed by atoms with Gasteiger partial charge in [0.1, 0.15) is 11.9 Å². The predicted molar refractivity (Wildman–Crippen MR) is 76.3 cm³/mol. The van der Waals surface area contributed by atoms with Gasteiger partial charge in [-0.1, -0.05) is 38.3 Å². The van der Waals surface area contributed by atoms with E-state index in [1.807, 2.05) is 13.0 Å². The fourth-order valence-electron chi connectivity index (χ4n) is 3.05. The van der Waals surface area contributed by atoms with Gasteiger partial charge in [-0.25, -0.2) is 0 Å². The molecule has 0 aromatic heterocycles. The average Bonchev–Trinajstić information content (AvgIpc) is 2.24. The van der Waals surface area contributed by atoms with Gasteiger partial charge < -0.3 is 4.74 Å². The minimum Gasteiger partial charge on any atom is -0.490 e. The summed E-state index contributed by atoms with van der Waals surface area (Å²) >= 11 is 6.06. The fourth-order valence-corrected chi connectivity index (χ4v) is 3.27. The SMILES string of the molecule is [B]C1(C)CC(C)(C)C1Oc1ccc(C#C)c(Cl)c1. The number of hydrogen-bond acceptors (Lipinski definition) is 1. The molecule has 0 heterocycles. The number of rotatable bonds is 2. The van der Waals surface area contributed by atoms with Crippen LogP contribution in [0.15, 0.2) is 18.2 Å². The van der Waals surface area contributed by atoms with Gasteiger partial charge in [0.2, 0.25) is 0 Å². The van der Waals surface area contributed by atoms with Crippen LogP contribution < -0.4 is 4.74 Å². The lowest BCUT2D eigenvalue weighted by Crippen LogP contribution is -2.55. The third kappa shape index (κ3) is 2.25. The van der Waals surface area contributed by atoms with Crippen LogP contribution in [-0.4, -0.2) is 14.0 Å². The first-order chi connectivity index (χ1) is 8.26. The molecule has 2 radical (unpaired) electrons. The minimum absolute atomic E-state index is 0.0160. The molecule has 1 aromatic rings. The summed E-state index contributed by atoms with van der Waals surface area (Å²) < 4.78 is 5.98. The van der Waals surface area contributed by atoms with Gasteiger partial charge in [-0.3, -0.25) is 0 Å². The van der Waals surface area contributed by atoms with Crippen molar-refractivity contribution < 1.29 is 4.74 Å². The van der Waals surface area contributed by atoms with Gasteiger partial charge in [0.15, 0.2) is 0 Å². The molecule has 2 rings (SSSR count). The smallest absolute Gasteiger partial charge is 0.121 e. The molecule has 0 spiro atoms. The van der Waals surface area contributed by atoms with E-state index in [4.69, 9.17) is 30.6 Å². The molecule has 1 nitrogen and oxygen atoms in total. The molecule has 0 saturated heterocycles. The van der Waals surface area contributed by atoms with E-state index in [0.717, 1.165) is 6.42 Å². The van der Waals surface area contributed by atoms with Gasteiger partial charge in [0.25, 0.3) is 0 Å². The molecule has 3 heteroatoms. The summed E-state index contributed by atoms with van der Waals surface area (Å²) in [4.78, 5) is 0. The first-order valence-corrected chi connectivity index (χ1v) is 6.36. The molecule has 0 bridgehead atoms. The van der Waals surface area contributed by atoms with Crippen LogP contribution in [0.4, 0.5) is 0 Å². The maximum absolute atomic E-state index is 6.19. The lowest BCUT2D eigenvalue weighted by atomic mass is 9.44. The zero-order chi connectivity index (χ0) is 13.6. The van der Waals surface area contributed by atoms with E-state index in [9.17, 15) is 0 Å². The molecule has 0 amide bonds. The molecular formula is C15H16BClO. The third-order valence-electron chi connectivity index (χ3n) is 3.50. The quantitative estimate of drug-likeness (QED) is 0.578. The summed E-state index contributed by atoms with van der Waals surface area (Å²) in [5.41, 5.74) is 0.758. The molecule has 0 aliphatic heterocycles. The van der Waals surface area contributed by atoms with Crippen molar-refractivity contribution in [2.45, 2.75) is 38.6 Å². The number of benzene rings is 1. The summed E-state index contributed by atoms with van der Waals surface area (Å²) in [6.07, 6.45) is 6.26. The standard InChI is InChI=1S/C15H16BClO/c1-5-10-6-7-11(8-12(10)17)18-13-14(2,3)9-15(13,4)16/h1,6-8,13H,9H2,2-4H3. The lowest BCUT2D eigenvalue weighted by molar-refractivity contribution is -0.0600.